The molecule has 2 saturated heterocycles. The van der Waals surface area contributed by atoms with Gasteiger partial charge in [0.25, 0.3) is 0 Å². The van der Waals surface area contributed by atoms with Crippen LogP contribution in [0.5, 0.6) is 5.75 Å². The number of piperidine rings is 1. The third-order valence-corrected chi connectivity index (χ3v) is 6.64. The van der Waals surface area contributed by atoms with Gasteiger partial charge in [0.05, 0.1) is 12.1 Å². The Morgan fingerprint density at radius 3 is 2.62 bits per heavy atom. The van der Waals surface area contributed by atoms with Gasteiger partial charge in [0.2, 0.25) is 5.95 Å². The number of likely N-dealkylation sites (tertiary alicyclic amines) is 1. The third kappa shape index (κ3) is 4.32. The molecule has 2 aliphatic heterocycles. The minimum absolute atomic E-state index is 0.166. The van der Waals surface area contributed by atoms with Crippen LogP contribution in [0.4, 0.5) is 10.3 Å². The number of piperazine rings is 1. The quantitative estimate of drug-likeness (QED) is 0.663. The van der Waals surface area contributed by atoms with Crippen molar-refractivity contribution in [3.05, 3.63) is 53.3 Å². The van der Waals surface area contributed by atoms with Crippen molar-refractivity contribution in [2.24, 2.45) is 0 Å². The monoisotopic (exact) mass is 437 g/mol. The molecule has 170 valence electrons. The van der Waals surface area contributed by atoms with Crippen LogP contribution in [0.1, 0.15) is 24.0 Å². The van der Waals surface area contributed by atoms with Gasteiger partial charge in [-0.25, -0.2) is 9.37 Å². The number of hydrogen-bond donors (Lipinski definition) is 1. The molecule has 0 bridgehead atoms. The number of rotatable bonds is 5. The van der Waals surface area contributed by atoms with E-state index in [-0.39, 0.29) is 11.9 Å². The Labute approximate surface area is 189 Å². The molecule has 5 rings (SSSR count). The van der Waals surface area contributed by atoms with E-state index in [0.717, 1.165) is 80.4 Å². The molecular weight excluding hydrogens is 405 g/mol. The van der Waals surface area contributed by atoms with E-state index in [1.54, 1.807) is 6.07 Å². The highest BCUT2D eigenvalue weighted by Gasteiger charge is 2.23. The Morgan fingerprint density at radius 1 is 1.09 bits per heavy atom. The van der Waals surface area contributed by atoms with E-state index in [4.69, 9.17) is 9.72 Å². The van der Waals surface area contributed by atoms with Crippen LogP contribution in [0.2, 0.25) is 0 Å². The van der Waals surface area contributed by atoms with Crippen molar-refractivity contribution >= 4 is 17.0 Å². The van der Waals surface area contributed by atoms with Crippen molar-refractivity contribution in [3.63, 3.8) is 0 Å². The number of nitrogens with zero attached hydrogens (tertiary/aromatic N) is 4. The minimum Gasteiger partial charge on any atom is -0.488 e. The number of halogens is 1. The van der Waals surface area contributed by atoms with Gasteiger partial charge < -0.3 is 24.4 Å². The Hall–Kier alpha value is -2.64. The normalized spacial score (nSPS) is 18.4. The zero-order valence-electron chi connectivity index (χ0n) is 19.0. The highest BCUT2D eigenvalue weighted by molar-refractivity contribution is 5.85. The number of nitrogens with one attached hydrogen (secondary N) is 1. The molecule has 3 heterocycles. The highest BCUT2D eigenvalue weighted by atomic mass is 19.1. The summed E-state index contributed by atoms with van der Waals surface area (Å²) < 4.78 is 22.6. The van der Waals surface area contributed by atoms with E-state index < -0.39 is 0 Å². The fourth-order valence-electron chi connectivity index (χ4n) is 4.74. The summed E-state index contributed by atoms with van der Waals surface area (Å²) in [6, 6.07) is 11.6. The van der Waals surface area contributed by atoms with E-state index in [1.807, 2.05) is 25.1 Å². The maximum atomic E-state index is 13.8. The standard InChI is InChI=1S/C25H32FN5O/c1-18-16-19(6-7-21(18)26)17-31-22-4-3-5-23(32-20-8-12-29(2)13-9-20)24(22)28-25(31)30-14-10-27-11-15-30/h3-7,16,20,27H,8-15,17H2,1-2H3. The van der Waals surface area contributed by atoms with Crippen LogP contribution in [-0.4, -0.2) is 66.9 Å². The molecule has 0 unspecified atom stereocenters. The number of ether oxygens (including phenoxy) is 1. The number of anilines is 1. The SMILES string of the molecule is Cc1cc(Cn2c(N3CCNCC3)nc3c(OC4CCN(C)CC4)cccc32)ccc1F. The second-order valence-electron chi connectivity index (χ2n) is 9.06. The zero-order chi connectivity index (χ0) is 22.1. The van der Waals surface area contributed by atoms with Gasteiger partial charge in [0.15, 0.2) is 0 Å². The number of fused-ring (bicyclic) bond motifs is 1. The summed E-state index contributed by atoms with van der Waals surface area (Å²) in [5.74, 6) is 1.66. The molecule has 3 aromatic rings. The Balaban J connectivity index is 1.53. The summed E-state index contributed by atoms with van der Waals surface area (Å²) in [6.45, 7) is 8.30. The molecule has 0 saturated carbocycles. The molecule has 0 atom stereocenters. The number of aromatic nitrogens is 2. The van der Waals surface area contributed by atoms with Crippen molar-refractivity contribution in [1.29, 1.82) is 0 Å². The molecule has 0 amide bonds. The lowest BCUT2D eigenvalue weighted by molar-refractivity contribution is 0.115. The first kappa shape index (κ1) is 21.2. The van der Waals surface area contributed by atoms with Crippen molar-refractivity contribution in [1.82, 2.24) is 19.8 Å². The number of para-hydroxylation sites is 1. The lowest BCUT2D eigenvalue weighted by Crippen LogP contribution is -2.44. The number of imidazole rings is 1. The fraction of sp³-hybridized carbons (Fsp3) is 0.480. The van der Waals surface area contributed by atoms with E-state index >= 15 is 0 Å². The summed E-state index contributed by atoms with van der Waals surface area (Å²) in [5.41, 5.74) is 3.72. The molecule has 2 aromatic carbocycles. The van der Waals surface area contributed by atoms with Crippen LogP contribution < -0.4 is 15.0 Å². The van der Waals surface area contributed by atoms with Crippen molar-refractivity contribution in [2.45, 2.75) is 32.4 Å². The first-order chi connectivity index (χ1) is 15.6. The second kappa shape index (κ2) is 9.08. The predicted octanol–water partition coefficient (Wildman–Crippen LogP) is 3.41. The first-order valence-corrected chi connectivity index (χ1v) is 11.6. The molecule has 0 aliphatic carbocycles. The Morgan fingerprint density at radius 2 is 1.88 bits per heavy atom. The van der Waals surface area contributed by atoms with E-state index in [0.29, 0.717) is 12.1 Å². The number of aryl methyl sites for hydroxylation is 1. The molecule has 6 nitrogen and oxygen atoms in total. The maximum Gasteiger partial charge on any atom is 0.207 e. The topological polar surface area (TPSA) is 45.6 Å². The summed E-state index contributed by atoms with van der Waals surface area (Å²) in [7, 11) is 2.16. The molecule has 7 heteroatoms. The van der Waals surface area contributed by atoms with Crippen LogP contribution >= 0.6 is 0 Å². The smallest absolute Gasteiger partial charge is 0.207 e. The summed E-state index contributed by atoms with van der Waals surface area (Å²) in [6.07, 6.45) is 2.30. The summed E-state index contributed by atoms with van der Waals surface area (Å²) in [4.78, 5) is 9.79. The van der Waals surface area contributed by atoms with Gasteiger partial charge in [-0.15, -0.1) is 0 Å². The van der Waals surface area contributed by atoms with Crippen molar-refractivity contribution in [2.75, 3.05) is 51.2 Å². The van der Waals surface area contributed by atoms with E-state index in [2.05, 4.69) is 38.9 Å². The van der Waals surface area contributed by atoms with Crippen molar-refractivity contribution < 1.29 is 9.13 Å². The Kier molecular flexibility index (Phi) is 6.02. The van der Waals surface area contributed by atoms with Crippen LogP contribution in [0, 0.1) is 12.7 Å². The molecular formula is C25H32FN5O. The molecule has 2 fully saturated rings. The van der Waals surface area contributed by atoms with Gasteiger partial charge in [-0.3, -0.25) is 0 Å². The average molecular weight is 438 g/mol. The Bertz CT molecular complexity index is 1080. The van der Waals surface area contributed by atoms with Gasteiger partial charge in [-0.2, -0.15) is 0 Å². The largest absolute Gasteiger partial charge is 0.488 e. The average Bonchev–Trinajstić information content (AvgIpc) is 3.18. The van der Waals surface area contributed by atoms with E-state index in [1.165, 1.54) is 0 Å². The molecule has 2 aliphatic rings. The van der Waals surface area contributed by atoms with Gasteiger partial charge in [-0.1, -0.05) is 18.2 Å². The maximum absolute atomic E-state index is 13.8. The van der Waals surface area contributed by atoms with Crippen molar-refractivity contribution in [3.8, 4) is 5.75 Å². The first-order valence-electron chi connectivity index (χ1n) is 11.6. The van der Waals surface area contributed by atoms with Gasteiger partial charge in [0, 0.05) is 39.3 Å². The molecule has 1 N–H and O–H groups in total. The predicted molar refractivity (Wildman–Crippen MR) is 126 cm³/mol. The highest BCUT2D eigenvalue weighted by Crippen LogP contribution is 2.32. The molecule has 32 heavy (non-hydrogen) atoms. The molecule has 0 radical (unpaired) electrons. The van der Waals surface area contributed by atoms with Gasteiger partial charge in [-0.05, 0) is 56.1 Å². The lowest BCUT2D eigenvalue weighted by atomic mass is 10.1. The van der Waals surface area contributed by atoms with Crippen LogP contribution in [0.3, 0.4) is 0 Å². The molecule has 0 spiro atoms. The fourth-order valence-corrected chi connectivity index (χ4v) is 4.74. The summed E-state index contributed by atoms with van der Waals surface area (Å²) in [5, 5.41) is 3.42. The lowest BCUT2D eigenvalue weighted by Gasteiger charge is -2.29. The van der Waals surface area contributed by atoms with Crippen LogP contribution in [0.25, 0.3) is 11.0 Å². The second-order valence-corrected chi connectivity index (χ2v) is 9.06. The van der Waals surface area contributed by atoms with Crippen LogP contribution in [0.15, 0.2) is 36.4 Å². The van der Waals surface area contributed by atoms with E-state index in [9.17, 15) is 4.39 Å². The zero-order valence-corrected chi connectivity index (χ0v) is 19.0. The summed E-state index contributed by atoms with van der Waals surface area (Å²) >= 11 is 0. The number of hydrogen-bond acceptors (Lipinski definition) is 5. The minimum atomic E-state index is -0.166. The van der Waals surface area contributed by atoms with Gasteiger partial charge in [0.1, 0.15) is 23.2 Å². The van der Waals surface area contributed by atoms with Gasteiger partial charge >= 0.3 is 0 Å². The third-order valence-electron chi connectivity index (χ3n) is 6.64. The number of benzene rings is 2. The molecule has 1 aromatic heterocycles. The van der Waals surface area contributed by atoms with Crippen LogP contribution in [-0.2, 0) is 6.54 Å².